The molecule has 1 aromatic rings. The monoisotopic (exact) mass is 241 g/mol. The molecule has 0 N–H and O–H groups in total. The summed E-state index contributed by atoms with van der Waals surface area (Å²) in [5.74, 6) is 0. The molecule has 4 heteroatoms. The van der Waals surface area contributed by atoms with Crippen molar-refractivity contribution in [3.63, 3.8) is 0 Å². The van der Waals surface area contributed by atoms with Gasteiger partial charge in [-0.15, -0.1) is 0 Å². The van der Waals surface area contributed by atoms with Crippen LogP contribution in [0.5, 0.6) is 0 Å². The zero-order valence-corrected chi connectivity index (χ0v) is 11.1. The van der Waals surface area contributed by atoms with Gasteiger partial charge in [-0.1, -0.05) is 29.8 Å². The smallest absolute Gasteiger partial charge is 0.212 e. The average Bonchev–Trinajstić information content (AvgIpc) is 2.21. The molecule has 0 unspecified atom stereocenters. The van der Waals surface area contributed by atoms with E-state index in [0.717, 1.165) is 5.56 Å². The quantitative estimate of drug-likeness (QED) is 0.810. The lowest BCUT2D eigenvalue weighted by molar-refractivity contribution is 0.459. The zero-order chi connectivity index (χ0) is 12.3. The van der Waals surface area contributed by atoms with E-state index in [0.29, 0.717) is 6.54 Å². The number of rotatable bonds is 4. The van der Waals surface area contributed by atoms with E-state index in [1.165, 1.54) is 9.87 Å². The maximum Gasteiger partial charge on any atom is 0.216 e. The highest BCUT2D eigenvalue weighted by atomic mass is 32.2. The molecule has 0 radical (unpaired) electrons. The Labute approximate surface area is 98.1 Å². The summed E-state index contributed by atoms with van der Waals surface area (Å²) in [7, 11) is -1.53. The minimum absolute atomic E-state index is 0.372. The van der Waals surface area contributed by atoms with Crippen LogP contribution in [-0.4, -0.2) is 25.0 Å². The fraction of sp³-hybridized carbons (Fsp3) is 0.500. The molecule has 0 saturated heterocycles. The summed E-state index contributed by atoms with van der Waals surface area (Å²) < 4.78 is 25.1. The van der Waals surface area contributed by atoms with Gasteiger partial charge < -0.3 is 0 Å². The van der Waals surface area contributed by atoms with Crippen molar-refractivity contribution in [2.24, 2.45) is 0 Å². The molecule has 90 valence electrons. The molecule has 16 heavy (non-hydrogen) atoms. The molecule has 1 rings (SSSR count). The molecule has 3 nitrogen and oxygen atoms in total. The van der Waals surface area contributed by atoms with Crippen molar-refractivity contribution in [2.45, 2.75) is 32.6 Å². The predicted octanol–water partition coefficient (Wildman–Crippen LogP) is 2.17. The minimum atomic E-state index is -3.15. The van der Waals surface area contributed by atoms with Crippen LogP contribution in [0.2, 0.25) is 0 Å². The van der Waals surface area contributed by atoms with Gasteiger partial charge in [-0.05, 0) is 26.3 Å². The summed E-state index contributed by atoms with van der Waals surface area (Å²) in [6.45, 7) is 5.83. The molecule has 0 atom stereocenters. The molecule has 1 aromatic carbocycles. The first-order chi connectivity index (χ1) is 7.34. The maximum atomic E-state index is 11.8. The second-order valence-corrected chi connectivity index (χ2v) is 6.93. The highest BCUT2D eigenvalue weighted by molar-refractivity contribution is 7.89. The lowest BCUT2D eigenvalue weighted by atomic mass is 10.1. The third kappa shape index (κ3) is 3.06. The van der Waals surface area contributed by atoms with Crippen molar-refractivity contribution in [1.29, 1.82) is 0 Å². The molecular formula is C12H19NO2S. The molecule has 0 heterocycles. The number of nitrogens with zero attached hydrogens (tertiary/aromatic N) is 1. The van der Waals surface area contributed by atoms with Crippen molar-refractivity contribution in [3.8, 4) is 0 Å². The van der Waals surface area contributed by atoms with Gasteiger partial charge in [0.05, 0.1) is 5.25 Å². The van der Waals surface area contributed by atoms with E-state index in [-0.39, 0.29) is 5.25 Å². The number of hydrogen-bond acceptors (Lipinski definition) is 2. The van der Waals surface area contributed by atoms with Crippen LogP contribution in [0.3, 0.4) is 0 Å². The Bertz CT molecular complexity index is 435. The predicted molar refractivity (Wildman–Crippen MR) is 66.7 cm³/mol. The Kier molecular flexibility index (Phi) is 4.10. The van der Waals surface area contributed by atoms with Crippen LogP contribution in [0, 0.1) is 6.92 Å². The summed E-state index contributed by atoms with van der Waals surface area (Å²) in [6, 6.07) is 7.90. The summed E-state index contributed by atoms with van der Waals surface area (Å²) in [5.41, 5.74) is 2.19. The summed E-state index contributed by atoms with van der Waals surface area (Å²) in [5, 5.41) is -0.372. The average molecular weight is 241 g/mol. The first kappa shape index (κ1) is 13.2. The van der Waals surface area contributed by atoms with Gasteiger partial charge in [-0.3, -0.25) is 0 Å². The standard InChI is InChI=1S/C12H19NO2S/c1-10(2)16(14,15)13(4)9-12-7-5-11(3)6-8-12/h5-8,10H,9H2,1-4H3. The van der Waals surface area contributed by atoms with Gasteiger partial charge in [-0.25, -0.2) is 12.7 Å². The highest BCUT2D eigenvalue weighted by Gasteiger charge is 2.21. The van der Waals surface area contributed by atoms with E-state index in [4.69, 9.17) is 0 Å². The van der Waals surface area contributed by atoms with Crippen molar-refractivity contribution in [3.05, 3.63) is 35.4 Å². The van der Waals surface area contributed by atoms with E-state index < -0.39 is 10.0 Å². The second-order valence-electron chi connectivity index (χ2n) is 4.34. The third-order valence-electron chi connectivity index (χ3n) is 2.56. The van der Waals surface area contributed by atoms with Crippen LogP contribution in [0.15, 0.2) is 24.3 Å². The SMILES string of the molecule is Cc1ccc(CN(C)S(=O)(=O)C(C)C)cc1. The van der Waals surface area contributed by atoms with Crippen LogP contribution in [0.1, 0.15) is 25.0 Å². The van der Waals surface area contributed by atoms with Crippen molar-refractivity contribution >= 4 is 10.0 Å². The first-order valence-electron chi connectivity index (χ1n) is 5.34. The lowest BCUT2D eigenvalue weighted by Gasteiger charge is -2.19. The molecule has 0 bridgehead atoms. The van der Waals surface area contributed by atoms with Crippen LogP contribution in [0.4, 0.5) is 0 Å². The van der Waals surface area contributed by atoms with Gasteiger partial charge in [0, 0.05) is 13.6 Å². The van der Waals surface area contributed by atoms with Gasteiger partial charge in [0.1, 0.15) is 0 Å². The van der Waals surface area contributed by atoms with E-state index in [1.54, 1.807) is 20.9 Å². The first-order valence-corrected chi connectivity index (χ1v) is 6.85. The molecule has 0 fully saturated rings. The Balaban J connectivity index is 2.79. The van der Waals surface area contributed by atoms with E-state index in [9.17, 15) is 8.42 Å². The van der Waals surface area contributed by atoms with Crippen molar-refractivity contribution < 1.29 is 8.42 Å². The van der Waals surface area contributed by atoms with E-state index >= 15 is 0 Å². The Hall–Kier alpha value is -0.870. The van der Waals surface area contributed by atoms with Crippen LogP contribution >= 0.6 is 0 Å². The molecule has 0 aliphatic carbocycles. The molecule has 0 aromatic heterocycles. The van der Waals surface area contributed by atoms with Crippen molar-refractivity contribution in [2.75, 3.05) is 7.05 Å². The van der Waals surface area contributed by atoms with Crippen LogP contribution in [-0.2, 0) is 16.6 Å². The van der Waals surface area contributed by atoms with Crippen molar-refractivity contribution in [1.82, 2.24) is 4.31 Å². The Morgan fingerprint density at radius 2 is 1.69 bits per heavy atom. The Morgan fingerprint density at radius 3 is 2.12 bits per heavy atom. The van der Waals surface area contributed by atoms with E-state index in [2.05, 4.69) is 0 Å². The number of hydrogen-bond donors (Lipinski definition) is 0. The van der Waals surface area contributed by atoms with Crippen LogP contribution in [0.25, 0.3) is 0 Å². The number of aryl methyl sites for hydroxylation is 1. The molecule has 0 saturated carbocycles. The minimum Gasteiger partial charge on any atom is -0.212 e. The van der Waals surface area contributed by atoms with Gasteiger partial charge >= 0.3 is 0 Å². The third-order valence-corrected chi connectivity index (χ3v) is 4.75. The van der Waals surface area contributed by atoms with E-state index in [1.807, 2.05) is 31.2 Å². The fourth-order valence-electron chi connectivity index (χ4n) is 1.40. The van der Waals surface area contributed by atoms with Gasteiger partial charge in [0.2, 0.25) is 10.0 Å². The zero-order valence-electron chi connectivity index (χ0n) is 10.3. The molecule has 0 spiro atoms. The molecule has 0 aliphatic rings. The molecular weight excluding hydrogens is 222 g/mol. The second kappa shape index (κ2) is 4.97. The van der Waals surface area contributed by atoms with Gasteiger partial charge in [0.15, 0.2) is 0 Å². The Morgan fingerprint density at radius 1 is 1.19 bits per heavy atom. The summed E-state index contributed by atoms with van der Waals surface area (Å²) >= 11 is 0. The maximum absolute atomic E-state index is 11.8. The van der Waals surface area contributed by atoms with Crippen LogP contribution < -0.4 is 0 Å². The number of benzene rings is 1. The van der Waals surface area contributed by atoms with Gasteiger partial charge in [-0.2, -0.15) is 0 Å². The topological polar surface area (TPSA) is 37.4 Å². The molecule has 0 amide bonds. The highest BCUT2D eigenvalue weighted by Crippen LogP contribution is 2.12. The normalized spacial score (nSPS) is 12.4. The summed E-state index contributed by atoms with van der Waals surface area (Å²) in [4.78, 5) is 0. The molecule has 0 aliphatic heterocycles. The largest absolute Gasteiger partial charge is 0.216 e. The fourth-order valence-corrected chi connectivity index (χ4v) is 2.45. The number of sulfonamides is 1. The van der Waals surface area contributed by atoms with Gasteiger partial charge in [0.25, 0.3) is 0 Å². The lowest BCUT2D eigenvalue weighted by Crippen LogP contribution is -2.32. The summed E-state index contributed by atoms with van der Waals surface area (Å²) in [6.07, 6.45) is 0.